The van der Waals surface area contributed by atoms with E-state index in [0.717, 1.165) is 12.6 Å². The number of aromatic nitrogens is 4. The van der Waals surface area contributed by atoms with Crippen molar-refractivity contribution in [3.8, 4) is 11.4 Å². The van der Waals surface area contributed by atoms with Crippen LogP contribution >= 0.6 is 11.6 Å². The number of hydrogen-bond acceptors (Lipinski definition) is 5. The zero-order valence-electron chi connectivity index (χ0n) is 16.7. The average molecular weight is 471 g/mol. The molecule has 2 N–H and O–H groups in total. The molecule has 0 spiro atoms. The number of H-pyrrole nitrogens is 1. The van der Waals surface area contributed by atoms with Crippen LogP contribution < -0.4 is 5.32 Å². The van der Waals surface area contributed by atoms with Crippen LogP contribution in [0.3, 0.4) is 0 Å². The Bertz CT molecular complexity index is 1130. The Kier molecular flexibility index (Phi) is 6.18. The van der Waals surface area contributed by atoms with Gasteiger partial charge in [0.05, 0.1) is 11.2 Å². The van der Waals surface area contributed by atoms with E-state index in [0.29, 0.717) is 34.5 Å². The highest BCUT2D eigenvalue weighted by molar-refractivity contribution is 6.31. The first kappa shape index (κ1) is 22.3. The number of pyridine rings is 1. The summed E-state index contributed by atoms with van der Waals surface area (Å²) in [5, 5.41) is 3.91. The van der Waals surface area contributed by atoms with Crippen molar-refractivity contribution in [2.45, 2.75) is 37.9 Å². The van der Waals surface area contributed by atoms with Gasteiger partial charge < -0.3 is 15.2 Å². The maximum Gasteiger partial charge on any atom is 0.397 e. The van der Waals surface area contributed by atoms with Gasteiger partial charge in [-0.3, -0.25) is 4.79 Å². The molecule has 0 aliphatic carbocycles. The van der Waals surface area contributed by atoms with Crippen molar-refractivity contribution in [2.24, 2.45) is 0 Å². The third kappa shape index (κ3) is 4.93. The SMILES string of the molecule is O=C(CC(F)(F)F)N1CCCC[C@@H]1CNc1nc(-c2c[nH]c3ncc(Cl)cc23)ncc1F. The van der Waals surface area contributed by atoms with Crippen molar-refractivity contribution in [3.05, 3.63) is 35.5 Å². The molecule has 0 radical (unpaired) electrons. The molecule has 3 aromatic heterocycles. The largest absolute Gasteiger partial charge is 0.397 e. The number of nitrogens with zero attached hydrogens (tertiary/aromatic N) is 4. The van der Waals surface area contributed by atoms with E-state index in [2.05, 4.69) is 25.3 Å². The molecule has 1 saturated heterocycles. The zero-order chi connectivity index (χ0) is 22.9. The van der Waals surface area contributed by atoms with Crippen molar-refractivity contribution >= 4 is 34.4 Å². The third-order valence-corrected chi connectivity index (χ3v) is 5.49. The second-order valence-electron chi connectivity index (χ2n) is 7.55. The summed E-state index contributed by atoms with van der Waals surface area (Å²) in [6.45, 7) is 0.306. The van der Waals surface area contributed by atoms with Gasteiger partial charge in [-0.2, -0.15) is 13.2 Å². The Morgan fingerprint density at radius 2 is 2.09 bits per heavy atom. The number of nitrogens with one attached hydrogen (secondary N) is 2. The lowest BCUT2D eigenvalue weighted by molar-refractivity contribution is -0.163. The third-order valence-electron chi connectivity index (χ3n) is 5.29. The van der Waals surface area contributed by atoms with Crippen LogP contribution in [0.5, 0.6) is 0 Å². The van der Waals surface area contributed by atoms with E-state index in [1.807, 2.05) is 0 Å². The molecule has 0 aromatic carbocycles. The molecule has 1 atom stereocenters. The molecule has 7 nitrogen and oxygen atoms in total. The standard InChI is InChI=1S/C20H19ClF4N6O/c21-11-5-13-14(9-28-17(13)26-7-11)18-29-10-15(22)19(30-18)27-8-12-3-1-2-4-31(12)16(32)6-20(23,24)25/h5,7,9-10,12H,1-4,6,8H2,(H,26,28)(H,27,29,30)/t12-/m1/s1. The minimum absolute atomic E-state index is 0.0677. The summed E-state index contributed by atoms with van der Waals surface area (Å²) in [6, 6.07) is 1.19. The predicted molar refractivity (Wildman–Crippen MR) is 111 cm³/mol. The van der Waals surface area contributed by atoms with E-state index >= 15 is 0 Å². The highest BCUT2D eigenvalue weighted by Gasteiger charge is 2.36. The van der Waals surface area contributed by atoms with Crippen LogP contribution in [0.2, 0.25) is 5.02 Å². The van der Waals surface area contributed by atoms with E-state index in [9.17, 15) is 22.4 Å². The molecule has 4 rings (SSSR count). The number of rotatable bonds is 5. The fourth-order valence-corrected chi connectivity index (χ4v) is 3.97. The van der Waals surface area contributed by atoms with E-state index in [1.165, 1.54) is 11.1 Å². The van der Waals surface area contributed by atoms with Gasteiger partial charge in [-0.25, -0.2) is 19.3 Å². The molecule has 1 aliphatic rings. The first-order valence-corrected chi connectivity index (χ1v) is 10.3. The van der Waals surface area contributed by atoms with Crippen LogP contribution in [0, 0.1) is 5.82 Å². The van der Waals surface area contributed by atoms with Gasteiger partial charge in [-0.15, -0.1) is 0 Å². The molecular formula is C20H19ClF4N6O. The quantitative estimate of drug-likeness (QED) is 0.534. The molecule has 0 unspecified atom stereocenters. The summed E-state index contributed by atoms with van der Waals surface area (Å²) in [7, 11) is 0. The van der Waals surface area contributed by atoms with Crippen molar-refractivity contribution in [2.75, 3.05) is 18.4 Å². The monoisotopic (exact) mass is 470 g/mol. The molecular weight excluding hydrogens is 452 g/mol. The molecule has 0 saturated carbocycles. The van der Waals surface area contributed by atoms with Crippen LogP contribution in [0.15, 0.2) is 24.7 Å². The minimum Gasteiger partial charge on any atom is -0.365 e. The number of carbonyl (C=O) groups is 1. The number of aromatic amines is 1. The van der Waals surface area contributed by atoms with Crippen molar-refractivity contribution < 1.29 is 22.4 Å². The molecule has 170 valence electrons. The molecule has 1 amide bonds. The lowest BCUT2D eigenvalue weighted by atomic mass is 10.0. The highest BCUT2D eigenvalue weighted by atomic mass is 35.5. The molecule has 32 heavy (non-hydrogen) atoms. The Morgan fingerprint density at radius 3 is 2.88 bits per heavy atom. The average Bonchev–Trinajstić information content (AvgIpc) is 3.15. The van der Waals surface area contributed by atoms with E-state index in [4.69, 9.17) is 11.6 Å². The second kappa shape index (κ2) is 8.89. The van der Waals surface area contributed by atoms with Gasteiger partial charge >= 0.3 is 6.18 Å². The minimum atomic E-state index is -4.57. The molecule has 0 bridgehead atoms. The number of halogens is 5. The van der Waals surface area contributed by atoms with Crippen LogP contribution in [0.4, 0.5) is 23.4 Å². The van der Waals surface area contributed by atoms with Crippen molar-refractivity contribution in [1.29, 1.82) is 0 Å². The summed E-state index contributed by atoms with van der Waals surface area (Å²) in [6.07, 6.45) is -0.0456. The Morgan fingerprint density at radius 1 is 1.28 bits per heavy atom. The summed E-state index contributed by atoms with van der Waals surface area (Å²) in [5.41, 5.74) is 1.13. The highest BCUT2D eigenvalue weighted by Crippen LogP contribution is 2.29. The maximum atomic E-state index is 14.4. The number of likely N-dealkylation sites (tertiary alicyclic amines) is 1. The van der Waals surface area contributed by atoms with Crippen LogP contribution in [-0.2, 0) is 4.79 Å². The number of hydrogen-bond donors (Lipinski definition) is 2. The summed E-state index contributed by atoms with van der Waals surface area (Å²) in [5.74, 6) is -1.57. The van der Waals surface area contributed by atoms with Crippen LogP contribution in [0.1, 0.15) is 25.7 Å². The van der Waals surface area contributed by atoms with Crippen LogP contribution in [-0.4, -0.2) is 56.1 Å². The van der Waals surface area contributed by atoms with Crippen LogP contribution in [0.25, 0.3) is 22.4 Å². The van der Waals surface area contributed by atoms with E-state index in [1.54, 1.807) is 12.3 Å². The van der Waals surface area contributed by atoms with Gasteiger partial charge in [0.25, 0.3) is 0 Å². The van der Waals surface area contributed by atoms with Gasteiger partial charge in [-0.05, 0) is 25.3 Å². The Hall–Kier alpha value is -2.95. The first-order chi connectivity index (χ1) is 15.2. The zero-order valence-corrected chi connectivity index (χ0v) is 17.5. The number of alkyl halides is 3. The lowest BCUT2D eigenvalue weighted by Gasteiger charge is -2.36. The summed E-state index contributed by atoms with van der Waals surface area (Å²) >= 11 is 6.01. The maximum absolute atomic E-state index is 14.4. The second-order valence-corrected chi connectivity index (χ2v) is 7.99. The first-order valence-electron chi connectivity index (χ1n) is 9.97. The fourth-order valence-electron chi connectivity index (χ4n) is 3.81. The topological polar surface area (TPSA) is 86.8 Å². The van der Waals surface area contributed by atoms with E-state index < -0.39 is 30.4 Å². The lowest BCUT2D eigenvalue weighted by Crippen LogP contribution is -2.48. The number of amides is 1. The normalized spacial score (nSPS) is 17.0. The van der Waals surface area contributed by atoms with Gasteiger partial charge in [0.2, 0.25) is 5.91 Å². The van der Waals surface area contributed by atoms with Crippen molar-refractivity contribution in [1.82, 2.24) is 24.8 Å². The van der Waals surface area contributed by atoms with Gasteiger partial charge in [0.1, 0.15) is 12.1 Å². The number of fused-ring (bicyclic) bond motifs is 1. The Labute approximate surface area is 185 Å². The Balaban J connectivity index is 1.53. The molecule has 1 aliphatic heterocycles. The van der Waals surface area contributed by atoms with Gasteiger partial charge in [-0.1, -0.05) is 11.6 Å². The molecule has 1 fully saturated rings. The van der Waals surface area contributed by atoms with Gasteiger partial charge in [0, 0.05) is 42.5 Å². The number of anilines is 1. The summed E-state index contributed by atoms with van der Waals surface area (Å²) in [4.78, 5) is 28.7. The molecule has 3 aromatic rings. The number of piperidine rings is 1. The van der Waals surface area contributed by atoms with Crippen molar-refractivity contribution in [3.63, 3.8) is 0 Å². The molecule has 4 heterocycles. The summed E-state index contributed by atoms with van der Waals surface area (Å²) < 4.78 is 52.3. The van der Waals surface area contributed by atoms with Gasteiger partial charge in [0.15, 0.2) is 17.5 Å². The predicted octanol–water partition coefficient (Wildman–Crippen LogP) is 4.56. The fraction of sp³-hybridized carbons (Fsp3) is 0.400. The smallest absolute Gasteiger partial charge is 0.365 e. The van der Waals surface area contributed by atoms with E-state index in [-0.39, 0.29) is 24.7 Å². The molecule has 12 heteroatoms. The number of carbonyl (C=O) groups excluding carboxylic acids is 1.